The summed E-state index contributed by atoms with van der Waals surface area (Å²) in [6.45, 7) is 7.63. The topological polar surface area (TPSA) is 46.5 Å². The van der Waals surface area contributed by atoms with Gasteiger partial charge in [-0.3, -0.25) is 4.79 Å². The molecule has 3 fully saturated rings. The number of rotatable bonds is 2. The second kappa shape index (κ2) is 6.83. The maximum atomic E-state index is 13.5. The first-order valence-corrected chi connectivity index (χ1v) is 10.3. The minimum absolute atomic E-state index is 0.00656. The fourth-order valence-electron chi connectivity index (χ4n) is 6.90. The van der Waals surface area contributed by atoms with Crippen molar-refractivity contribution in [2.24, 2.45) is 34.0 Å². The fourth-order valence-corrected chi connectivity index (χ4v) is 6.90. The van der Waals surface area contributed by atoms with Crippen LogP contribution in [0.2, 0.25) is 0 Å². The normalized spacial score (nSPS) is 49.8. The third-order valence-electron chi connectivity index (χ3n) is 8.76. The van der Waals surface area contributed by atoms with E-state index in [2.05, 4.69) is 13.8 Å². The molecule has 1 N–H and O–H groups in total. The zero-order valence-electron chi connectivity index (χ0n) is 17.5. The van der Waals surface area contributed by atoms with Crippen LogP contribution in [-0.2, 0) is 9.53 Å². The van der Waals surface area contributed by atoms with Crippen LogP contribution in [0.1, 0.15) is 59.8 Å². The molecule has 0 aliphatic heterocycles. The Bertz CT molecular complexity index is 660. The number of ether oxygens (including phenoxy) is 1. The Kier molecular flexibility index (Phi) is 5.32. The zero-order valence-corrected chi connectivity index (χ0v) is 17.5. The molecule has 0 radical (unpaired) electrons. The summed E-state index contributed by atoms with van der Waals surface area (Å²) < 4.78 is 44.5. The van der Waals surface area contributed by atoms with Crippen molar-refractivity contribution in [1.82, 2.24) is 0 Å². The lowest BCUT2D eigenvalue weighted by Gasteiger charge is -2.61. The number of allylic oxidation sites excluding steroid dienone is 2. The van der Waals surface area contributed by atoms with E-state index in [0.29, 0.717) is 0 Å². The average molecular weight is 402 g/mol. The summed E-state index contributed by atoms with van der Waals surface area (Å²) in [4.78, 5) is 13.5. The maximum Gasteiger partial charge on any atom is 0.409 e. The van der Waals surface area contributed by atoms with E-state index in [-0.39, 0.29) is 47.6 Å². The quantitative estimate of drug-likeness (QED) is 0.667. The number of carbonyl (C=O) groups excluding carboxylic acids is 1. The molecule has 2 bridgehead atoms. The molecular weight excluding hydrogens is 369 g/mol. The van der Waals surface area contributed by atoms with E-state index in [0.717, 1.165) is 31.8 Å². The second-order valence-corrected chi connectivity index (χ2v) is 9.93. The number of aliphatic hydroxyl groups is 1. The van der Waals surface area contributed by atoms with Crippen molar-refractivity contribution in [3.05, 3.63) is 12.2 Å². The first-order valence-electron chi connectivity index (χ1n) is 10.3. The molecular formula is C22H33F3O3. The summed E-state index contributed by atoms with van der Waals surface area (Å²) in [6, 6.07) is 0. The highest BCUT2D eigenvalue weighted by atomic mass is 19.4. The Labute approximate surface area is 165 Å². The number of alkyl halides is 3. The third kappa shape index (κ3) is 3.06. The molecule has 3 rings (SSSR count). The molecule has 0 heterocycles. The van der Waals surface area contributed by atoms with E-state index < -0.39 is 23.1 Å². The number of hydrogen-bond acceptors (Lipinski definition) is 3. The molecule has 2 unspecified atom stereocenters. The van der Waals surface area contributed by atoms with E-state index >= 15 is 0 Å². The lowest BCUT2D eigenvalue weighted by molar-refractivity contribution is -0.188. The molecule has 0 spiro atoms. The van der Waals surface area contributed by atoms with Gasteiger partial charge in [-0.15, -0.1) is 0 Å². The minimum Gasteiger partial charge on any atom is -0.392 e. The van der Waals surface area contributed by atoms with E-state index in [4.69, 9.17) is 4.74 Å². The highest BCUT2D eigenvalue weighted by Crippen LogP contribution is 2.68. The van der Waals surface area contributed by atoms with E-state index in [1.54, 1.807) is 14.0 Å². The number of methoxy groups -OCH3 is 1. The maximum absolute atomic E-state index is 13.5. The molecule has 8 atom stereocenters. The van der Waals surface area contributed by atoms with Gasteiger partial charge in [0, 0.05) is 29.9 Å². The van der Waals surface area contributed by atoms with Gasteiger partial charge in [-0.1, -0.05) is 26.8 Å². The number of hydrogen-bond donors (Lipinski definition) is 1. The molecule has 28 heavy (non-hydrogen) atoms. The van der Waals surface area contributed by atoms with Crippen molar-refractivity contribution in [2.45, 2.75) is 78.2 Å². The number of halogens is 3. The molecule has 3 aliphatic rings. The Morgan fingerprint density at radius 1 is 1.18 bits per heavy atom. The van der Waals surface area contributed by atoms with E-state index in [9.17, 15) is 23.1 Å². The molecule has 6 heteroatoms. The van der Waals surface area contributed by atoms with Gasteiger partial charge in [0.05, 0.1) is 12.2 Å². The molecule has 3 nitrogen and oxygen atoms in total. The van der Waals surface area contributed by atoms with Crippen LogP contribution in [0, 0.1) is 34.0 Å². The number of ketones is 1. The molecule has 3 aliphatic carbocycles. The van der Waals surface area contributed by atoms with Gasteiger partial charge in [0.2, 0.25) is 0 Å². The van der Waals surface area contributed by atoms with Crippen LogP contribution in [0.4, 0.5) is 13.2 Å². The molecule has 0 aromatic heterocycles. The van der Waals surface area contributed by atoms with Crippen LogP contribution in [-0.4, -0.2) is 36.4 Å². The predicted molar refractivity (Wildman–Crippen MR) is 101 cm³/mol. The summed E-state index contributed by atoms with van der Waals surface area (Å²) in [5.41, 5.74) is -2.17. The minimum atomic E-state index is -4.48. The largest absolute Gasteiger partial charge is 0.409 e. The fraction of sp³-hybridized carbons (Fsp3) is 0.864. The van der Waals surface area contributed by atoms with Crippen molar-refractivity contribution in [1.29, 1.82) is 0 Å². The number of Topliss-reactive ketones (excluding diaryl/α,β-unsaturated/α-hetero) is 1. The van der Waals surface area contributed by atoms with Crippen LogP contribution in [0.3, 0.4) is 0 Å². The molecule has 0 saturated heterocycles. The van der Waals surface area contributed by atoms with Gasteiger partial charge in [-0.2, -0.15) is 13.2 Å². The molecule has 0 amide bonds. The molecule has 0 aromatic carbocycles. The van der Waals surface area contributed by atoms with Crippen LogP contribution >= 0.6 is 0 Å². The first-order chi connectivity index (χ1) is 12.8. The van der Waals surface area contributed by atoms with Crippen LogP contribution in [0.25, 0.3) is 0 Å². The summed E-state index contributed by atoms with van der Waals surface area (Å²) in [6.07, 6.45) is -0.835. The van der Waals surface area contributed by atoms with Crippen molar-refractivity contribution >= 4 is 5.78 Å². The SMILES string of the molecule is CO[C@@H]1CCC23CC[C@@H](C)[C@](C)(C12)[C@H](O)C[C@@](C)(C=CC(F)(F)F)C(=O)[C@@H]3C. The highest BCUT2D eigenvalue weighted by Gasteiger charge is 2.67. The van der Waals surface area contributed by atoms with Gasteiger partial charge in [0.1, 0.15) is 5.78 Å². The smallest absolute Gasteiger partial charge is 0.392 e. The van der Waals surface area contributed by atoms with Crippen LogP contribution in [0.15, 0.2) is 12.2 Å². The van der Waals surface area contributed by atoms with Gasteiger partial charge in [0.25, 0.3) is 0 Å². The van der Waals surface area contributed by atoms with Gasteiger partial charge in [-0.25, -0.2) is 0 Å². The van der Waals surface area contributed by atoms with Gasteiger partial charge in [-0.05, 0) is 56.3 Å². The molecule has 160 valence electrons. The Morgan fingerprint density at radius 3 is 2.36 bits per heavy atom. The van der Waals surface area contributed by atoms with Gasteiger partial charge >= 0.3 is 6.18 Å². The van der Waals surface area contributed by atoms with Crippen molar-refractivity contribution in [3.63, 3.8) is 0 Å². The summed E-state index contributed by atoms with van der Waals surface area (Å²) in [5, 5.41) is 11.4. The van der Waals surface area contributed by atoms with E-state index in [1.165, 1.54) is 0 Å². The zero-order chi connectivity index (χ0) is 21.1. The monoisotopic (exact) mass is 402 g/mol. The Balaban J connectivity index is 2.15. The Hall–Kier alpha value is -0.880. The number of carbonyl (C=O) groups is 1. The average Bonchev–Trinajstić information content (AvgIpc) is 3.01. The number of aliphatic hydroxyl groups excluding tert-OH is 1. The Morgan fingerprint density at radius 2 is 1.79 bits per heavy atom. The summed E-state index contributed by atoms with van der Waals surface area (Å²) in [5.74, 6) is -0.336. The lowest BCUT2D eigenvalue weighted by Crippen LogP contribution is -2.62. The predicted octanol–water partition coefficient (Wildman–Crippen LogP) is 4.93. The van der Waals surface area contributed by atoms with Crippen LogP contribution < -0.4 is 0 Å². The van der Waals surface area contributed by atoms with Crippen molar-refractivity contribution in [2.75, 3.05) is 7.11 Å². The van der Waals surface area contributed by atoms with Crippen molar-refractivity contribution < 1.29 is 27.8 Å². The first kappa shape index (κ1) is 21.8. The summed E-state index contributed by atoms with van der Waals surface area (Å²) >= 11 is 0. The standard InChI is InChI=1S/C22H33F3O3/c1-13-6-8-21-9-7-15(28-5)17(21)20(13,4)16(26)12-19(3,18(27)14(21)2)10-11-22(23,24)25/h10-11,13-17,26H,6-9,12H2,1-5H3/t13-,14+,15-,16-,17?,19-,20+,21?/m1/s1. The molecule has 3 saturated carbocycles. The van der Waals surface area contributed by atoms with Gasteiger partial charge < -0.3 is 9.84 Å². The van der Waals surface area contributed by atoms with Gasteiger partial charge in [0.15, 0.2) is 0 Å². The summed E-state index contributed by atoms with van der Waals surface area (Å²) in [7, 11) is 1.68. The molecule has 0 aromatic rings. The lowest BCUT2D eigenvalue weighted by atomic mass is 9.44. The second-order valence-electron chi connectivity index (χ2n) is 9.93. The third-order valence-corrected chi connectivity index (χ3v) is 8.76. The highest BCUT2D eigenvalue weighted by molar-refractivity contribution is 5.89. The van der Waals surface area contributed by atoms with Crippen LogP contribution in [0.5, 0.6) is 0 Å². The van der Waals surface area contributed by atoms with Crippen molar-refractivity contribution in [3.8, 4) is 0 Å². The van der Waals surface area contributed by atoms with E-state index in [1.807, 2.05) is 6.92 Å².